The number of aryl methyl sites for hydroxylation is 1. The van der Waals surface area contributed by atoms with E-state index in [9.17, 15) is 4.39 Å². The van der Waals surface area contributed by atoms with Gasteiger partial charge in [-0.05, 0) is 37.3 Å². The van der Waals surface area contributed by atoms with Crippen LogP contribution in [0.25, 0.3) is 10.1 Å². The minimum absolute atomic E-state index is 0.116. The van der Waals surface area contributed by atoms with Gasteiger partial charge in [0.1, 0.15) is 5.82 Å². The zero-order valence-corrected chi connectivity index (χ0v) is 9.70. The van der Waals surface area contributed by atoms with Crippen LogP contribution >= 0.6 is 11.3 Å². The van der Waals surface area contributed by atoms with E-state index in [1.807, 2.05) is 19.9 Å². The Kier molecular flexibility index (Phi) is 2.76. The van der Waals surface area contributed by atoms with Gasteiger partial charge in [0.05, 0.1) is 4.70 Å². The van der Waals surface area contributed by atoms with E-state index in [0.717, 1.165) is 16.5 Å². The molecule has 1 heterocycles. The van der Waals surface area contributed by atoms with Gasteiger partial charge in [-0.3, -0.25) is 0 Å². The third-order valence-electron chi connectivity index (χ3n) is 2.50. The summed E-state index contributed by atoms with van der Waals surface area (Å²) < 4.78 is 14.3. The summed E-state index contributed by atoms with van der Waals surface area (Å²) in [4.78, 5) is 1.17. The average molecular weight is 223 g/mol. The van der Waals surface area contributed by atoms with Gasteiger partial charge in [-0.25, -0.2) is 4.39 Å². The zero-order chi connectivity index (χ0) is 11.0. The van der Waals surface area contributed by atoms with Crippen LogP contribution in [-0.2, 0) is 6.42 Å². The molecular formula is C12H14FNS. The van der Waals surface area contributed by atoms with Gasteiger partial charge in [0.25, 0.3) is 0 Å². The first kappa shape index (κ1) is 10.6. The lowest BCUT2D eigenvalue weighted by atomic mass is 10.0. The van der Waals surface area contributed by atoms with Crippen LogP contribution in [0.1, 0.15) is 17.4 Å². The molecule has 2 rings (SSSR count). The molecule has 1 aromatic carbocycles. The third kappa shape index (κ3) is 1.90. The predicted molar refractivity (Wildman–Crippen MR) is 63.9 cm³/mol. The summed E-state index contributed by atoms with van der Waals surface area (Å²) in [6.07, 6.45) is 0.815. The quantitative estimate of drug-likeness (QED) is 0.831. The van der Waals surface area contributed by atoms with E-state index >= 15 is 0 Å². The van der Waals surface area contributed by atoms with Crippen molar-refractivity contribution >= 4 is 21.4 Å². The highest BCUT2D eigenvalue weighted by Crippen LogP contribution is 2.33. The Labute approximate surface area is 92.7 Å². The van der Waals surface area contributed by atoms with Crippen molar-refractivity contribution in [1.29, 1.82) is 0 Å². The maximum Gasteiger partial charge on any atom is 0.141 e. The normalized spacial score (nSPS) is 13.3. The smallest absolute Gasteiger partial charge is 0.141 e. The molecule has 15 heavy (non-hydrogen) atoms. The summed E-state index contributed by atoms with van der Waals surface area (Å²) in [5.41, 5.74) is 6.99. The Balaban J connectivity index is 2.63. The molecule has 0 aliphatic carbocycles. The fourth-order valence-electron chi connectivity index (χ4n) is 1.83. The number of thiophene rings is 1. The van der Waals surface area contributed by atoms with Crippen molar-refractivity contribution in [3.8, 4) is 0 Å². The van der Waals surface area contributed by atoms with Gasteiger partial charge in [0.2, 0.25) is 0 Å². The summed E-state index contributed by atoms with van der Waals surface area (Å²) in [7, 11) is 0. The fraction of sp³-hybridized carbons (Fsp3) is 0.333. The Hall–Kier alpha value is -0.930. The Bertz CT molecular complexity index is 488. The standard InChI is InChI=1S/C12H14FNS/c1-7(14)6-10-8(2)15-12-9(10)4-3-5-11(12)13/h3-5,7H,6,14H2,1-2H3. The molecule has 2 aromatic rings. The molecule has 80 valence electrons. The van der Waals surface area contributed by atoms with E-state index < -0.39 is 0 Å². The van der Waals surface area contributed by atoms with Crippen molar-refractivity contribution in [2.24, 2.45) is 5.73 Å². The van der Waals surface area contributed by atoms with Crippen molar-refractivity contribution in [2.45, 2.75) is 26.3 Å². The van der Waals surface area contributed by atoms with Crippen molar-refractivity contribution in [1.82, 2.24) is 0 Å². The van der Waals surface area contributed by atoms with Gasteiger partial charge in [-0.1, -0.05) is 12.1 Å². The maximum atomic E-state index is 13.5. The fourth-order valence-corrected chi connectivity index (χ4v) is 2.92. The largest absolute Gasteiger partial charge is 0.328 e. The van der Waals surface area contributed by atoms with Crippen molar-refractivity contribution in [3.63, 3.8) is 0 Å². The van der Waals surface area contributed by atoms with Gasteiger partial charge in [-0.2, -0.15) is 0 Å². The Morgan fingerprint density at radius 3 is 2.87 bits per heavy atom. The molecule has 0 aliphatic heterocycles. The zero-order valence-electron chi connectivity index (χ0n) is 8.88. The van der Waals surface area contributed by atoms with Gasteiger partial charge in [0, 0.05) is 10.9 Å². The number of nitrogens with two attached hydrogens (primary N) is 1. The van der Waals surface area contributed by atoms with E-state index in [0.29, 0.717) is 0 Å². The number of hydrogen-bond acceptors (Lipinski definition) is 2. The van der Waals surface area contributed by atoms with Crippen LogP contribution in [0.3, 0.4) is 0 Å². The second-order valence-electron chi connectivity index (χ2n) is 3.93. The molecule has 0 saturated carbocycles. The maximum absolute atomic E-state index is 13.5. The lowest BCUT2D eigenvalue weighted by molar-refractivity contribution is 0.641. The third-order valence-corrected chi connectivity index (χ3v) is 3.67. The van der Waals surface area contributed by atoms with Crippen LogP contribution in [-0.4, -0.2) is 6.04 Å². The van der Waals surface area contributed by atoms with E-state index in [-0.39, 0.29) is 11.9 Å². The second kappa shape index (κ2) is 3.91. The molecule has 0 amide bonds. The number of fused-ring (bicyclic) bond motifs is 1. The van der Waals surface area contributed by atoms with Crippen LogP contribution < -0.4 is 5.73 Å². The molecule has 1 atom stereocenters. The summed E-state index contributed by atoms with van der Waals surface area (Å²) in [5, 5.41) is 1.02. The molecule has 1 unspecified atom stereocenters. The second-order valence-corrected chi connectivity index (χ2v) is 5.16. The lowest BCUT2D eigenvalue weighted by Gasteiger charge is -2.05. The van der Waals surface area contributed by atoms with E-state index in [2.05, 4.69) is 0 Å². The highest BCUT2D eigenvalue weighted by atomic mass is 32.1. The van der Waals surface area contributed by atoms with Gasteiger partial charge in [-0.15, -0.1) is 11.3 Å². The topological polar surface area (TPSA) is 26.0 Å². The number of rotatable bonds is 2. The Morgan fingerprint density at radius 1 is 1.47 bits per heavy atom. The molecular weight excluding hydrogens is 209 g/mol. The van der Waals surface area contributed by atoms with Crippen molar-refractivity contribution < 1.29 is 4.39 Å². The first-order valence-corrected chi connectivity index (χ1v) is 5.83. The summed E-state index contributed by atoms with van der Waals surface area (Å²) in [5.74, 6) is -0.128. The first-order valence-electron chi connectivity index (χ1n) is 5.01. The SMILES string of the molecule is Cc1sc2c(F)cccc2c1CC(C)N. The monoisotopic (exact) mass is 223 g/mol. The molecule has 0 saturated heterocycles. The molecule has 2 N–H and O–H groups in total. The minimum Gasteiger partial charge on any atom is -0.328 e. The average Bonchev–Trinajstić information content (AvgIpc) is 2.45. The van der Waals surface area contributed by atoms with Gasteiger partial charge >= 0.3 is 0 Å². The van der Waals surface area contributed by atoms with Crippen LogP contribution in [0.4, 0.5) is 4.39 Å². The lowest BCUT2D eigenvalue weighted by Crippen LogP contribution is -2.17. The number of benzene rings is 1. The van der Waals surface area contributed by atoms with E-state index in [1.165, 1.54) is 27.8 Å². The molecule has 0 bridgehead atoms. The number of hydrogen-bond donors (Lipinski definition) is 1. The molecule has 0 fully saturated rings. The molecule has 0 radical (unpaired) electrons. The molecule has 3 heteroatoms. The van der Waals surface area contributed by atoms with Crippen molar-refractivity contribution in [2.75, 3.05) is 0 Å². The highest BCUT2D eigenvalue weighted by molar-refractivity contribution is 7.19. The summed E-state index contributed by atoms with van der Waals surface area (Å²) in [6.45, 7) is 4.00. The van der Waals surface area contributed by atoms with Crippen LogP contribution in [0.15, 0.2) is 18.2 Å². The summed E-state index contributed by atoms with van der Waals surface area (Å²) in [6, 6.07) is 5.35. The highest BCUT2D eigenvalue weighted by Gasteiger charge is 2.12. The van der Waals surface area contributed by atoms with E-state index in [1.54, 1.807) is 6.07 Å². The minimum atomic E-state index is -0.128. The van der Waals surface area contributed by atoms with Gasteiger partial charge in [0.15, 0.2) is 0 Å². The van der Waals surface area contributed by atoms with Crippen molar-refractivity contribution in [3.05, 3.63) is 34.5 Å². The molecule has 1 nitrogen and oxygen atoms in total. The summed E-state index contributed by atoms with van der Waals surface area (Å²) >= 11 is 1.52. The Morgan fingerprint density at radius 2 is 2.20 bits per heavy atom. The molecule has 0 spiro atoms. The van der Waals surface area contributed by atoms with Crippen LogP contribution in [0.5, 0.6) is 0 Å². The molecule has 1 aromatic heterocycles. The first-order chi connectivity index (χ1) is 7.09. The van der Waals surface area contributed by atoms with E-state index in [4.69, 9.17) is 5.73 Å². The van der Waals surface area contributed by atoms with Gasteiger partial charge < -0.3 is 5.73 Å². The number of halogens is 1. The van der Waals surface area contributed by atoms with Crippen LogP contribution in [0, 0.1) is 12.7 Å². The molecule has 0 aliphatic rings. The predicted octanol–water partition coefficient (Wildman–Crippen LogP) is 3.24. The van der Waals surface area contributed by atoms with Crippen LogP contribution in [0.2, 0.25) is 0 Å².